The summed E-state index contributed by atoms with van der Waals surface area (Å²) >= 11 is 12.0. The zero-order valence-electron chi connectivity index (χ0n) is 10.6. The van der Waals surface area contributed by atoms with Crippen LogP contribution >= 0.6 is 23.2 Å². The number of carbonyl (C=O) groups excluding carboxylic acids is 1. The average molecular weight is 299 g/mol. The van der Waals surface area contributed by atoms with E-state index in [1.54, 1.807) is 12.1 Å². The first-order valence-electron chi connectivity index (χ1n) is 6.67. The molecule has 1 aromatic rings. The molecule has 0 saturated carbocycles. The third-order valence-corrected chi connectivity index (χ3v) is 4.70. The molecule has 1 unspecified atom stereocenters. The molecule has 2 saturated heterocycles. The second kappa shape index (κ2) is 5.31. The first-order valence-corrected chi connectivity index (χ1v) is 7.43. The van der Waals surface area contributed by atoms with Gasteiger partial charge in [0.2, 0.25) is 5.91 Å². The highest BCUT2D eigenvalue weighted by Crippen LogP contribution is 2.30. The van der Waals surface area contributed by atoms with Gasteiger partial charge in [0.15, 0.2) is 0 Å². The van der Waals surface area contributed by atoms with Crippen LogP contribution in [0.4, 0.5) is 5.69 Å². The van der Waals surface area contributed by atoms with E-state index in [0.717, 1.165) is 44.6 Å². The van der Waals surface area contributed by atoms with E-state index in [1.165, 1.54) is 0 Å². The van der Waals surface area contributed by atoms with Gasteiger partial charge in [-0.2, -0.15) is 0 Å². The number of anilines is 1. The number of amides is 1. The Kier molecular flexibility index (Phi) is 3.70. The van der Waals surface area contributed by atoms with Crippen LogP contribution in [0.25, 0.3) is 0 Å². The topological polar surface area (TPSA) is 23.6 Å². The van der Waals surface area contributed by atoms with Gasteiger partial charge < -0.3 is 4.90 Å². The fourth-order valence-corrected chi connectivity index (χ4v) is 3.30. The maximum Gasteiger partial charge on any atom is 0.244 e. The third-order valence-electron chi connectivity index (χ3n) is 3.96. The zero-order valence-corrected chi connectivity index (χ0v) is 12.1. The molecule has 3 rings (SSSR count). The molecule has 0 bridgehead atoms. The summed E-state index contributed by atoms with van der Waals surface area (Å²) in [7, 11) is 0. The van der Waals surface area contributed by atoms with Crippen molar-refractivity contribution in [1.82, 2.24) is 4.90 Å². The van der Waals surface area contributed by atoms with Crippen LogP contribution in [0, 0.1) is 0 Å². The number of halogens is 2. The van der Waals surface area contributed by atoms with Gasteiger partial charge in [-0.1, -0.05) is 23.2 Å². The van der Waals surface area contributed by atoms with E-state index in [-0.39, 0.29) is 11.9 Å². The molecular formula is C14H16Cl2N2O. The molecule has 0 spiro atoms. The molecule has 5 heteroatoms. The Balaban J connectivity index is 1.90. The van der Waals surface area contributed by atoms with Gasteiger partial charge in [0.1, 0.15) is 0 Å². The number of hydrogen-bond donors (Lipinski definition) is 0. The van der Waals surface area contributed by atoms with Crippen molar-refractivity contribution in [2.24, 2.45) is 0 Å². The van der Waals surface area contributed by atoms with Crippen LogP contribution < -0.4 is 4.90 Å². The lowest BCUT2D eigenvalue weighted by molar-refractivity contribution is -0.122. The normalized spacial score (nSPS) is 24.4. The van der Waals surface area contributed by atoms with Crippen molar-refractivity contribution in [1.29, 1.82) is 0 Å². The molecular weight excluding hydrogens is 283 g/mol. The summed E-state index contributed by atoms with van der Waals surface area (Å²) in [4.78, 5) is 16.8. The van der Waals surface area contributed by atoms with Gasteiger partial charge >= 0.3 is 0 Å². The van der Waals surface area contributed by atoms with Crippen molar-refractivity contribution in [3.05, 3.63) is 28.2 Å². The minimum atomic E-state index is 0.0527. The molecule has 1 atom stereocenters. The lowest BCUT2D eigenvalue weighted by Gasteiger charge is -2.25. The fourth-order valence-electron chi connectivity index (χ4n) is 3.00. The minimum Gasteiger partial charge on any atom is -0.311 e. The van der Waals surface area contributed by atoms with Crippen LogP contribution in [0.5, 0.6) is 0 Å². The fraction of sp³-hybridized carbons (Fsp3) is 0.500. The Morgan fingerprint density at radius 3 is 2.63 bits per heavy atom. The van der Waals surface area contributed by atoms with Crippen molar-refractivity contribution < 1.29 is 4.79 Å². The first kappa shape index (κ1) is 13.2. The average Bonchev–Trinajstić information content (AvgIpc) is 2.80. The largest absolute Gasteiger partial charge is 0.311 e. The van der Waals surface area contributed by atoms with E-state index in [4.69, 9.17) is 23.2 Å². The van der Waals surface area contributed by atoms with E-state index in [9.17, 15) is 4.79 Å². The van der Waals surface area contributed by atoms with Gasteiger partial charge in [0.25, 0.3) is 0 Å². The molecule has 2 fully saturated rings. The molecule has 1 amide bonds. The van der Waals surface area contributed by atoms with E-state index in [2.05, 4.69) is 4.90 Å². The predicted molar refractivity (Wildman–Crippen MR) is 78.0 cm³/mol. The quantitative estimate of drug-likeness (QED) is 0.795. The molecule has 2 aliphatic heterocycles. The summed E-state index contributed by atoms with van der Waals surface area (Å²) in [5.41, 5.74) is 0.855. The van der Waals surface area contributed by atoms with Gasteiger partial charge in [-0.3, -0.25) is 9.69 Å². The number of benzene rings is 1. The highest BCUT2D eigenvalue weighted by molar-refractivity contribution is 6.42. The highest BCUT2D eigenvalue weighted by Gasteiger charge is 2.36. The van der Waals surface area contributed by atoms with E-state index in [1.807, 2.05) is 11.0 Å². The number of nitrogens with zero attached hydrogens (tertiary/aromatic N) is 2. The van der Waals surface area contributed by atoms with Gasteiger partial charge in [0.05, 0.1) is 16.1 Å². The standard InChI is InChI=1S/C14H16Cl2N2O/c15-11-5-4-10(9-12(11)16)18-8-2-7-17-6-1-3-13(17)14(18)19/h4-5,9,13H,1-3,6-8H2. The molecule has 3 nitrogen and oxygen atoms in total. The minimum absolute atomic E-state index is 0.0527. The number of hydrogen-bond acceptors (Lipinski definition) is 2. The lowest BCUT2D eigenvalue weighted by Crippen LogP contribution is -2.42. The molecule has 0 N–H and O–H groups in total. The smallest absolute Gasteiger partial charge is 0.244 e. The lowest BCUT2D eigenvalue weighted by atomic mass is 10.2. The summed E-state index contributed by atoms with van der Waals surface area (Å²) < 4.78 is 0. The van der Waals surface area contributed by atoms with Crippen molar-refractivity contribution in [2.75, 3.05) is 24.5 Å². The van der Waals surface area contributed by atoms with Crippen LogP contribution in [0.1, 0.15) is 19.3 Å². The van der Waals surface area contributed by atoms with Gasteiger partial charge in [-0.05, 0) is 44.0 Å². The predicted octanol–water partition coefficient (Wildman–Crippen LogP) is 3.19. The van der Waals surface area contributed by atoms with Crippen LogP contribution in [-0.2, 0) is 4.79 Å². The summed E-state index contributed by atoms with van der Waals surface area (Å²) in [5, 5.41) is 1.02. The van der Waals surface area contributed by atoms with Gasteiger partial charge in [-0.25, -0.2) is 0 Å². The number of rotatable bonds is 1. The maximum absolute atomic E-state index is 12.6. The van der Waals surface area contributed by atoms with Crippen molar-refractivity contribution in [2.45, 2.75) is 25.3 Å². The summed E-state index contributed by atoms with van der Waals surface area (Å²) in [6, 6.07) is 5.46. The zero-order chi connectivity index (χ0) is 13.4. The SMILES string of the molecule is O=C1C2CCCN2CCCN1c1ccc(Cl)c(Cl)c1. The Labute approximate surface area is 123 Å². The second-order valence-corrected chi connectivity index (χ2v) is 5.95. The van der Waals surface area contributed by atoms with E-state index < -0.39 is 0 Å². The summed E-state index contributed by atoms with van der Waals surface area (Å²) in [5.74, 6) is 0.202. The molecule has 102 valence electrons. The molecule has 0 aromatic heterocycles. The molecule has 2 aliphatic rings. The molecule has 2 heterocycles. The Bertz CT molecular complexity index is 506. The van der Waals surface area contributed by atoms with Gasteiger partial charge in [0, 0.05) is 18.8 Å². The maximum atomic E-state index is 12.6. The number of carbonyl (C=O) groups is 1. The van der Waals surface area contributed by atoms with Gasteiger partial charge in [-0.15, -0.1) is 0 Å². The molecule has 19 heavy (non-hydrogen) atoms. The third kappa shape index (κ3) is 2.47. The Morgan fingerprint density at radius 2 is 1.84 bits per heavy atom. The van der Waals surface area contributed by atoms with Crippen LogP contribution in [-0.4, -0.2) is 36.5 Å². The summed E-state index contributed by atoms with van der Waals surface area (Å²) in [6.45, 7) is 2.81. The Morgan fingerprint density at radius 1 is 1.05 bits per heavy atom. The van der Waals surface area contributed by atoms with E-state index in [0.29, 0.717) is 10.0 Å². The molecule has 1 aromatic carbocycles. The van der Waals surface area contributed by atoms with Crippen LogP contribution in [0.2, 0.25) is 10.0 Å². The van der Waals surface area contributed by atoms with E-state index >= 15 is 0 Å². The van der Waals surface area contributed by atoms with Crippen molar-refractivity contribution >= 4 is 34.8 Å². The molecule has 0 aliphatic carbocycles. The monoisotopic (exact) mass is 298 g/mol. The van der Waals surface area contributed by atoms with Crippen molar-refractivity contribution in [3.8, 4) is 0 Å². The van der Waals surface area contributed by atoms with Crippen LogP contribution in [0.3, 0.4) is 0 Å². The molecule has 0 radical (unpaired) electrons. The summed E-state index contributed by atoms with van der Waals surface area (Å²) in [6.07, 6.45) is 3.09. The van der Waals surface area contributed by atoms with Crippen molar-refractivity contribution in [3.63, 3.8) is 0 Å². The first-order chi connectivity index (χ1) is 9.16. The second-order valence-electron chi connectivity index (χ2n) is 5.14. The van der Waals surface area contributed by atoms with Crippen LogP contribution in [0.15, 0.2) is 18.2 Å². The highest BCUT2D eigenvalue weighted by atomic mass is 35.5. The number of fused-ring (bicyclic) bond motifs is 1. The Hall–Kier alpha value is -0.770.